The van der Waals surface area contributed by atoms with E-state index >= 15 is 0 Å². The fourth-order valence-electron chi connectivity index (χ4n) is 2.46. The van der Waals surface area contributed by atoms with Crippen molar-refractivity contribution in [3.05, 3.63) is 0 Å². The van der Waals surface area contributed by atoms with Gasteiger partial charge in [-0.05, 0) is 25.2 Å². The van der Waals surface area contributed by atoms with Crippen LogP contribution in [0, 0.1) is 11.8 Å². The van der Waals surface area contributed by atoms with E-state index in [1.165, 1.54) is 4.90 Å². The first-order valence-electron chi connectivity index (χ1n) is 6.89. The predicted octanol–water partition coefficient (Wildman–Crippen LogP) is 0.300. The van der Waals surface area contributed by atoms with Crippen LogP contribution in [-0.2, 0) is 4.79 Å². The number of likely N-dealkylation sites (tertiary alicyclic amines) is 1. The summed E-state index contributed by atoms with van der Waals surface area (Å²) in [5, 5.41) is 12.1. The number of rotatable bonds is 5. The number of nitrogens with one attached hydrogen (secondary N) is 1. The average molecular weight is 271 g/mol. The zero-order chi connectivity index (χ0) is 14.4. The Kier molecular flexibility index (Phi) is 6.08. The number of carbonyl (C=O) groups excluding carboxylic acids is 2. The highest BCUT2D eigenvalue weighted by Crippen LogP contribution is 2.17. The Morgan fingerprint density at radius 1 is 1.47 bits per heavy atom. The minimum Gasteiger partial charge on any atom is -0.394 e. The van der Waals surface area contributed by atoms with E-state index in [9.17, 15) is 14.7 Å². The second-order valence-electron chi connectivity index (χ2n) is 5.64. The van der Waals surface area contributed by atoms with Crippen molar-refractivity contribution in [1.29, 1.82) is 0 Å². The first-order valence-corrected chi connectivity index (χ1v) is 6.89. The molecule has 2 unspecified atom stereocenters. The molecule has 0 aromatic carbocycles. The molecule has 0 radical (unpaired) electrons. The molecule has 0 spiro atoms. The lowest BCUT2D eigenvalue weighted by Crippen LogP contribution is -2.49. The number of urea groups is 1. The molecule has 0 saturated carbocycles. The lowest BCUT2D eigenvalue weighted by Gasteiger charge is -2.31. The predicted molar refractivity (Wildman–Crippen MR) is 72.4 cm³/mol. The monoisotopic (exact) mass is 271 g/mol. The van der Waals surface area contributed by atoms with Crippen LogP contribution in [0.4, 0.5) is 4.79 Å². The van der Waals surface area contributed by atoms with Gasteiger partial charge in [-0.25, -0.2) is 4.79 Å². The first kappa shape index (κ1) is 15.8. The minimum atomic E-state index is -0.474. The number of nitrogens with zero attached hydrogens (tertiary/aromatic N) is 1. The number of primary amides is 1. The molecule has 2 atom stereocenters. The van der Waals surface area contributed by atoms with Gasteiger partial charge >= 0.3 is 6.03 Å². The van der Waals surface area contributed by atoms with Gasteiger partial charge in [0.1, 0.15) is 0 Å². The molecule has 0 aromatic heterocycles. The van der Waals surface area contributed by atoms with Crippen molar-refractivity contribution >= 4 is 11.9 Å². The van der Waals surface area contributed by atoms with Crippen molar-refractivity contribution in [3.8, 4) is 0 Å². The van der Waals surface area contributed by atoms with Crippen LogP contribution in [0.5, 0.6) is 0 Å². The summed E-state index contributed by atoms with van der Waals surface area (Å²) >= 11 is 0. The lowest BCUT2D eigenvalue weighted by molar-refractivity contribution is -0.127. The Bertz CT molecular complexity index is 320. The van der Waals surface area contributed by atoms with Crippen molar-refractivity contribution in [1.82, 2.24) is 10.2 Å². The van der Waals surface area contributed by atoms with Gasteiger partial charge in [0.15, 0.2) is 0 Å². The second kappa shape index (κ2) is 7.33. The molecule has 4 N–H and O–H groups in total. The number of aliphatic hydroxyl groups is 1. The fourth-order valence-corrected chi connectivity index (χ4v) is 2.46. The van der Waals surface area contributed by atoms with Gasteiger partial charge in [0, 0.05) is 13.1 Å². The molecule has 110 valence electrons. The van der Waals surface area contributed by atoms with Crippen LogP contribution in [-0.4, -0.2) is 47.7 Å². The van der Waals surface area contributed by atoms with E-state index in [0.29, 0.717) is 19.0 Å². The smallest absolute Gasteiger partial charge is 0.314 e. The maximum atomic E-state index is 12.1. The number of hydrogen-bond acceptors (Lipinski definition) is 3. The molecule has 1 fully saturated rings. The van der Waals surface area contributed by atoms with Crippen molar-refractivity contribution in [2.45, 2.75) is 39.2 Å². The van der Waals surface area contributed by atoms with Crippen LogP contribution in [0.25, 0.3) is 0 Å². The molecule has 0 bridgehead atoms. The van der Waals surface area contributed by atoms with E-state index in [1.54, 1.807) is 0 Å². The van der Waals surface area contributed by atoms with Crippen molar-refractivity contribution in [2.24, 2.45) is 17.6 Å². The van der Waals surface area contributed by atoms with Crippen LogP contribution in [0.3, 0.4) is 0 Å². The third-order valence-corrected chi connectivity index (χ3v) is 3.43. The molecule has 1 heterocycles. The molecule has 1 saturated heterocycles. The Labute approximate surface area is 114 Å². The van der Waals surface area contributed by atoms with E-state index in [4.69, 9.17) is 5.73 Å². The zero-order valence-electron chi connectivity index (χ0n) is 11.8. The lowest BCUT2D eigenvalue weighted by atomic mass is 9.96. The molecule has 6 heteroatoms. The van der Waals surface area contributed by atoms with Gasteiger partial charge < -0.3 is 21.1 Å². The molecule has 19 heavy (non-hydrogen) atoms. The van der Waals surface area contributed by atoms with Crippen molar-refractivity contribution in [3.63, 3.8) is 0 Å². The average Bonchev–Trinajstić information content (AvgIpc) is 2.37. The molecule has 6 nitrogen and oxygen atoms in total. The number of carbonyl (C=O) groups is 2. The first-order chi connectivity index (χ1) is 8.93. The second-order valence-corrected chi connectivity index (χ2v) is 5.64. The third-order valence-electron chi connectivity index (χ3n) is 3.43. The van der Waals surface area contributed by atoms with Gasteiger partial charge in [0.25, 0.3) is 0 Å². The largest absolute Gasteiger partial charge is 0.394 e. The van der Waals surface area contributed by atoms with E-state index in [1.807, 2.05) is 13.8 Å². The normalized spacial score (nSPS) is 21.3. The number of amides is 3. The number of aliphatic hydroxyl groups excluding tert-OH is 1. The molecule has 0 aliphatic carbocycles. The van der Waals surface area contributed by atoms with Crippen molar-refractivity contribution < 1.29 is 14.7 Å². The standard InChI is InChI=1S/C13H25N3O3/c1-9(2)6-11(8-17)15-12(18)10-4-3-5-16(7-10)13(14)19/h9-11,17H,3-8H2,1-2H3,(H2,14,19)(H,15,18). The summed E-state index contributed by atoms with van der Waals surface area (Å²) in [6, 6.07) is -0.685. The van der Waals surface area contributed by atoms with E-state index in [0.717, 1.165) is 19.3 Å². The van der Waals surface area contributed by atoms with Gasteiger partial charge in [-0.15, -0.1) is 0 Å². The topological polar surface area (TPSA) is 95.7 Å². The molecule has 0 aromatic rings. The van der Waals surface area contributed by atoms with E-state index < -0.39 is 6.03 Å². The maximum absolute atomic E-state index is 12.1. The van der Waals surface area contributed by atoms with Crippen LogP contribution >= 0.6 is 0 Å². The molecule has 3 amide bonds. The summed E-state index contributed by atoms with van der Waals surface area (Å²) in [4.78, 5) is 24.7. The Hall–Kier alpha value is -1.30. The highest BCUT2D eigenvalue weighted by atomic mass is 16.3. The highest BCUT2D eigenvalue weighted by molar-refractivity contribution is 5.80. The minimum absolute atomic E-state index is 0.0594. The van der Waals surface area contributed by atoms with Gasteiger partial charge in [0.05, 0.1) is 18.6 Å². The fraction of sp³-hybridized carbons (Fsp3) is 0.846. The van der Waals surface area contributed by atoms with Crippen LogP contribution in [0.2, 0.25) is 0 Å². The quantitative estimate of drug-likeness (QED) is 0.671. The summed E-state index contributed by atoms with van der Waals surface area (Å²) in [5.74, 6) is 0.0963. The summed E-state index contributed by atoms with van der Waals surface area (Å²) in [5.41, 5.74) is 5.24. The summed E-state index contributed by atoms with van der Waals surface area (Å²) in [6.07, 6.45) is 2.29. The SMILES string of the molecule is CC(C)CC(CO)NC(=O)C1CCCN(C(N)=O)C1. The summed E-state index contributed by atoms with van der Waals surface area (Å²) in [7, 11) is 0. The molecule has 1 aliphatic heterocycles. The number of nitrogens with two attached hydrogens (primary N) is 1. The molecular formula is C13H25N3O3. The molecular weight excluding hydrogens is 246 g/mol. The highest BCUT2D eigenvalue weighted by Gasteiger charge is 2.28. The van der Waals surface area contributed by atoms with Gasteiger partial charge in [0.2, 0.25) is 5.91 Å². The Morgan fingerprint density at radius 2 is 2.16 bits per heavy atom. The number of hydrogen-bond donors (Lipinski definition) is 3. The van der Waals surface area contributed by atoms with E-state index in [2.05, 4.69) is 5.32 Å². The van der Waals surface area contributed by atoms with Crippen LogP contribution in [0.1, 0.15) is 33.1 Å². The van der Waals surface area contributed by atoms with Gasteiger partial charge in [-0.3, -0.25) is 4.79 Å². The van der Waals surface area contributed by atoms with Gasteiger partial charge in [-0.2, -0.15) is 0 Å². The summed E-state index contributed by atoms with van der Waals surface area (Å²) < 4.78 is 0. The van der Waals surface area contributed by atoms with Crippen LogP contribution in [0.15, 0.2) is 0 Å². The maximum Gasteiger partial charge on any atom is 0.314 e. The zero-order valence-corrected chi connectivity index (χ0v) is 11.8. The third kappa shape index (κ3) is 5.06. The molecule has 1 rings (SSSR count). The number of piperidine rings is 1. The van der Waals surface area contributed by atoms with E-state index in [-0.39, 0.29) is 24.5 Å². The Balaban J connectivity index is 2.49. The molecule has 1 aliphatic rings. The summed E-state index contributed by atoms with van der Waals surface area (Å²) in [6.45, 7) is 5.03. The van der Waals surface area contributed by atoms with Crippen LogP contribution < -0.4 is 11.1 Å². The van der Waals surface area contributed by atoms with Crippen molar-refractivity contribution in [2.75, 3.05) is 19.7 Å². The Morgan fingerprint density at radius 3 is 2.68 bits per heavy atom. The van der Waals surface area contributed by atoms with Gasteiger partial charge in [-0.1, -0.05) is 13.8 Å².